The number of nitrogens with zero attached hydrogens (tertiary/aromatic N) is 2. The number of carbonyl (C=O) groups excluding carboxylic acids is 3. The molecule has 0 bridgehead atoms. The first-order valence-corrected chi connectivity index (χ1v) is 29.3. The Hall–Kier alpha value is -8.57. The summed E-state index contributed by atoms with van der Waals surface area (Å²) in [5.41, 5.74) is 10.3. The number of nitrogens with one attached hydrogen (secondary N) is 3. The molecule has 0 aliphatic carbocycles. The molecule has 0 atom stereocenters. The van der Waals surface area contributed by atoms with Crippen LogP contribution in [0.1, 0.15) is 153 Å². The lowest BCUT2D eigenvalue weighted by Crippen LogP contribution is -2.43. The predicted molar refractivity (Wildman–Crippen MR) is 345 cm³/mol. The molecule has 1 heterocycles. The molecule has 0 saturated heterocycles. The van der Waals surface area contributed by atoms with Crippen molar-refractivity contribution in [2.45, 2.75) is 140 Å². The van der Waals surface area contributed by atoms with E-state index < -0.39 is 77.8 Å². The number of rotatable bonds is 27. The summed E-state index contributed by atoms with van der Waals surface area (Å²) < 4.78 is 151. The number of hydrazine groups is 2. The van der Waals surface area contributed by atoms with Crippen LogP contribution in [0.3, 0.4) is 0 Å². The van der Waals surface area contributed by atoms with Crippen molar-refractivity contribution in [1.82, 2.24) is 26.5 Å². The lowest BCUT2D eigenvalue weighted by atomic mass is 9.98. The van der Waals surface area contributed by atoms with Crippen molar-refractivity contribution in [3.63, 3.8) is 0 Å². The first kappa shape index (κ1) is 85.4. The van der Waals surface area contributed by atoms with E-state index in [9.17, 15) is 58.7 Å². The number of carboxylic acid groups (broad SMARTS) is 1. The van der Waals surface area contributed by atoms with E-state index in [1.165, 1.54) is 36.4 Å². The summed E-state index contributed by atoms with van der Waals surface area (Å²) in [5, 5.41) is 16.6. The number of alkyl halides is 9. The molecule has 0 spiro atoms. The van der Waals surface area contributed by atoms with Gasteiger partial charge in [0.25, 0.3) is 11.8 Å². The summed E-state index contributed by atoms with van der Waals surface area (Å²) in [4.78, 5) is 46.4. The molecule has 0 aliphatic rings. The number of aliphatic carboxylic acids is 1. The van der Waals surface area contributed by atoms with Crippen LogP contribution in [-0.2, 0) is 82.2 Å². The Kier molecular flexibility index (Phi) is 38.7. The van der Waals surface area contributed by atoms with Crippen LogP contribution in [0, 0.1) is 0 Å². The molecule has 18 nitrogen and oxygen atoms in total. The Morgan fingerprint density at radius 3 is 1.18 bits per heavy atom. The zero-order valence-electron chi connectivity index (χ0n) is 51.9. The van der Waals surface area contributed by atoms with Crippen molar-refractivity contribution in [2.75, 3.05) is 39.6 Å². The molecule has 0 unspecified atom stereocenters. The molecular weight excluding hydrogens is 1280 g/mol. The van der Waals surface area contributed by atoms with Gasteiger partial charge in [0, 0.05) is 56.3 Å². The van der Waals surface area contributed by atoms with Gasteiger partial charge in [0.2, 0.25) is 17.7 Å². The van der Waals surface area contributed by atoms with Gasteiger partial charge in [-0.05, 0) is 149 Å². The Bertz CT molecular complexity index is 3350. The maximum atomic E-state index is 12.8. The van der Waals surface area contributed by atoms with Gasteiger partial charge in [0.1, 0.15) is 0 Å². The molecule has 7 aromatic rings. The van der Waals surface area contributed by atoms with Crippen LogP contribution in [-0.4, -0.2) is 97.5 Å². The number of nitrogen functional groups attached to an aromatic ring is 1. The quantitative estimate of drug-likeness (QED) is 0.0106. The molecule has 7 rings (SSSR count). The van der Waals surface area contributed by atoms with E-state index in [1.807, 2.05) is 43.5 Å². The van der Waals surface area contributed by atoms with Gasteiger partial charge in [-0.25, -0.2) is 5.84 Å². The molecule has 528 valence electrons. The molecule has 0 fully saturated rings. The standard InChI is InChI=1S/C22H25F3N2O4.C22H23F3N2O3.C15H13F3N2O.C7H14O4.3CH4/c1-3-30-20(31-4-2)14-19(28)26-27-21(29)18-8-6-5-7-16(18)13-15-9-11-17(12-10-15)22(23,24)25;1-3-28-20(29-4-2)14-19-26-27-21(30-19)18-8-6-5-7-16(18)13-15-9-11-17(12-10-15)22(23,24)25;16-15(17,18)12-7-5-10(6-8-12)9-11-3-1-2-4-13(11)14(21)20-19;1-3-10-7(11-4-2)5-6(8)9;;;/h5-12,20H,3-4,13-14H2,1-2H3,(H,26,28)(H,27,29);5-12,20H,3-4,13-14H2,1-2H3;1-8H,9,19H2,(H,20,21);7H,3-5H2,1-2H3,(H,8,9);3*1H4. The number of hydrogen-bond acceptors (Lipinski definition) is 14. The molecule has 0 aliphatic heterocycles. The average molecular weight is 1360 g/mol. The summed E-state index contributed by atoms with van der Waals surface area (Å²) in [5.74, 6) is 3.48. The molecule has 6 N–H and O–H groups in total. The van der Waals surface area contributed by atoms with Gasteiger partial charge in [-0.15, -0.1) is 10.2 Å². The monoisotopic (exact) mass is 1360 g/mol. The molecule has 0 radical (unpaired) electrons. The fraction of sp³-hybridized carbons (Fsp3) is 0.391. The van der Waals surface area contributed by atoms with E-state index in [1.54, 1.807) is 76.2 Å². The van der Waals surface area contributed by atoms with Crippen LogP contribution in [0.4, 0.5) is 39.5 Å². The third kappa shape index (κ3) is 30.0. The van der Waals surface area contributed by atoms with Crippen LogP contribution in [0.2, 0.25) is 0 Å². The van der Waals surface area contributed by atoms with Gasteiger partial charge in [0.05, 0.1) is 36.0 Å². The van der Waals surface area contributed by atoms with Gasteiger partial charge in [-0.3, -0.25) is 35.5 Å². The first-order chi connectivity index (χ1) is 44.3. The molecule has 0 saturated carbocycles. The summed E-state index contributed by atoms with van der Waals surface area (Å²) in [6.45, 7) is 13.6. The van der Waals surface area contributed by atoms with Gasteiger partial charge in [-0.2, -0.15) is 39.5 Å². The molecule has 96 heavy (non-hydrogen) atoms. The largest absolute Gasteiger partial charge is 0.481 e. The second kappa shape index (κ2) is 43.5. The normalized spacial score (nSPS) is 11.1. The SMILES string of the molecule is C.C.C.CCOC(CC(=O)NNC(=O)c1ccccc1Cc1ccc(C(F)(F)F)cc1)OCC.CCOC(CC(=O)O)OCC.CCOC(Cc1nnc(-c2ccccc2Cc2ccc(C(F)(F)F)cc2)o1)OCC.NNC(=O)c1ccccc1Cc1ccc(C(F)(F)F)cc1. The van der Waals surface area contributed by atoms with Crippen LogP contribution >= 0.6 is 0 Å². The third-order valence-corrected chi connectivity index (χ3v) is 12.9. The molecule has 3 amide bonds. The van der Waals surface area contributed by atoms with Crippen LogP contribution in [0.25, 0.3) is 11.5 Å². The van der Waals surface area contributed by atoms with Crippen LogP contribution < -0.4 is 22.1 Å². The van der Waals surface area contributed by atoms with Gasteiger partial charge >= 0.3 is 24.5 Å². The van der Waals surface area contributed by atoms with Crippen LogP contribution in [0.5, 0.6) is 0 Å². The molecule has 6 aromatic carbocycles. The van der Waals surface area contributed by atoms with Crippen LogP contribution in [0.15, 0.2) is 150 Å². The molecule has 1 aromatic heterocycles. The number of nitrogens with two attached hydrogens (primary N) is 1. The van der Waals surface area contributed by atoms with E-state index >= 15 is 0 Å². The number of hydrogen-bond donors (Lipinski definition) is 5. The van der Waals surface area contributed by atoms with E-state index in [-0.39, 0.29) is 41.5 Å². The highest BCUT2D eigenvalue weighted by atomic mass is 19.4. The van der Waals surface area contributed by atoms with Crippen molar-refractivity contribution in [2.24, 2.45) is 5.84 Å². The highest BCUT2D eigenvalue weighted by Gasteiger charge is 2.32. The predicted octanol–water partition coefficient (Wildman–Crippen LogP) is 14.8. The number of benzene rings is 6. The lowest BCUT2D eigenvalue weighted by molar-refractivity contribution is -0.164. The lowest BCUT2D eigenvalue weighted by Gasteiger charge is -2.17. The van der Waals surface area contributed by atoms with E-state index in [0.717, 1.165) is 53.1 Å². The highest BCUT2D eigenvalue weighted by Crippen LogP contribution is 2.33. The summed E-state index contributed by atoms with van der Waals surface area (Å²) in [7, 11) is 0. The number of ether oxygens (including phenoxy) is 6. The number of carboxylic acids is 1. The van der Waals surface area contributed by atoms with Gasteiger partial charge in [0.15, 0.2) is 18.9 Å². The van der Waals surface area contributed by atoms with Gasteiger partial charge in [-0.1, -0.05) is 113 Å². The third-order valence-electron chi connectivity index (χ3n) is 12.9. The Morgan fingerprint density at radius 1 is 0.458 bits per heavy atom. The fourth-order valence-electron chi connectivity index (χ4n) is 8.59. The molecule has 27 heteroatoms. The number of halogens is 9. The number of aromatic nitrogens is 2. The second-order valence-corrected chi connectivity index (χ2v) is 19.6. The summed E-state index contributed by atoms with van der Waals surface area (Å²) >= 11 is 0. The van der Waals surface area contributed by atoms with E-state index in [2.05, 4.69) is 21.0 Å². The minimum atomic E-state index is -4.40. The topological polar surface area (TPSA) is 245 Å². The van der Waals surface area contributed by atoms with Crippen molar-refractivity contribution in [1.29, 1.82) is 0 Å². The van der Waals surface area contributed by atoms with Crippen molar-refractivity contribution in [3.8, 4) is 11.5 Å². The van der Waals surface area contributed by atoms with Crippen molar-refractivity contribution < 1.29 is 96.6 Å². The van der Waals surface area contributed by atoms with Gasteiger partial charge < -0.3 is 37.9 Å². The molecular formula is C69H87F9N6O12. The zero-order valence-corrected chi connectivity index (χ0v) is 51.9. The Labute approximate surface area is 554 Å². The first-order valence-electron chi connectivity index (χ1n) is 29.3. The second-order valence-electron chi connectivity index (χ2n) is 19.6. The Balaban J connectivity index is 0.000000666. The summed E-state index contributed by atoms with van der Waals surface area (Å²) in [6, 6.07) is 35.7. The van der Waals surface area contributed by atoms with E-state index in [4.69, 9.17) is 43.8 Å². The minimum Gasteiger partial charge on any atom is -0.481 e. The fourth-order valence-corrected chi connectivity index (χ4v) is 8.59. The number of carbonyl (C=O) groups is 4. The Morgan fingerprint density at radius 2 is 0.802 bits per heavy atom. The van der Waals surface area contributed by atoms with E-state index in [0.29, 0.717) is 104 Å². The smallest absolute Gasteiger partial charge is 0.416 e. The highest BCUT2D eigenvalue weighted by molar-refractivity contribution is 5.97. The van der Waals surface area contributed by atoms with Crippen molar-refractivity contribution >= 4 is 23.7 Å². The maximum Gasteiger partial charge on any atom is 0.416 e. The maximum absolute atomic E-state index is 12.8. The van der Waals surface area contributed by atoms with Crippen molar-refractivity contribution in [3.05, 3.63) is 213 Å². The average Bonchev–Trinajstić information content (AvgIpc) is 1.64. The number of amides is 3. The summed E-state index contributed by atoms with van der Waals surface area (Å²) in [6.07, 6.45) is -13.7. The minimum absolute atomic E-state index is 0. The zero-order chi connectivity index (χ0) is 68.6.